The van der Waals surface area contributed by atoms with E-state index >= 15 is 0 Å². The number of rotatable bonds is 7. The van der Waals surface area contributed by atoms with Crippen LogP contribution in [0.25, 0.3) is 11.1 Å². The topological polar surface area (TPSA) is 155 Å². The second kappa shape index (κ2) is 10.9. The largest absolute Gasteiger partial charge is 0.457 e. The zero-order chi connectivity index (χ0) is 26.6. The highest BCUT2D eigenvalue weighted by atomic mass is 79.9. The van der Waals surface area contributed by atoms with Gasteiger partial charge in [0.25, 0.3) is 5.91 Å². The second-order valence-corrected chi connectivity index (χ2v) is 10.3. The number of hydrogen-bond donors (Lipinski definition) is 5. The first kappa shape index (κ1) is 26.0. The van der Waals surface area contributed by atoms with E-state index in [0.29, 0.717) is 32.6 Å². The van der Waals surface area contributed by atoms with Gasteiger partial charge in [0, 0.05) is 21.3 Å². The van der Waals surface area contributed by atoms with E-state index in [1.54, 1.807) is 90.4 Å². The van der Waals surface area contributed by atoms with Crippen LogP contribution in [0.4, 0.5) is 5.69 Å². The van der Waals surface area contributed by atoms with Gasteiger partial charge in [0.2, 0.25) is 10.0 Å². The van der Waals surface area contributed by atoms with E-state index < -0.39 is 15.9 Å². The molecule has 9 nitrogen and oxygen atoms in total. The highest BCUT2D eigenvalue weighted by Gasteiger charge is 2.17. The summed E-state index contributed by atoms with van der Waals surface area (Å²) in [6.07, 6.45) is 0. The van der Waals surface area contributed by atoms with Crippen LogP contribution in [0, 0.1) is 5.41 Å². The van der Waals surface area contributed by atoms with E-state index in [-0.39, 0.29) is 22.0 Å². The number of hydroxylamine groups is 1. The first-order chi connectivity index (χ1) is 17.7. The predicted octanol–water partition coefficient (Wildman–Crippen LogP) is 5.11. The van der Waals surface area contributed by atoms with Crippen molar-refractivity contribution in [1.29, 1.82) is 5.41 Å². The lowest BCUT2D eigenvalue weighted by Crippen LogP contribution is -2.18. The number of benzene rings is 4. The van der Waals surface area contributed by atoms with E-state index in [1.165, 1.54) is 6.07 Å². The zero-order valence-electron chi connectivity index (χ0n) is 19.1. The lowest BCUT2D eigenvalue weighted by atomic mass is 10.1. The molecule has 188 valence electrons. The number of nitrogens with one attached hydrogen (secondary N) is 3. The maximum absolute atomic E-state index is 13.2. The molecular weight excluding hydrogens is 560 g/mol. The molecule has 11 heteroatoms. The standard InChI is InChI=1S/C26H21BrN4O5S/c27-18-10-13-23(36-20-5-3-4-17(14-20)25(28)31-33)22(15-18)26(32)30-19-11-8-16(9-12-19)21-6-1-2-7-24(21)37(29,34)35/h1-15,33H,(H2,28,31)(H,30,32)(H2,29,34,35). The number of amidine groups is 1. The maximum atomic E-state index is 13.2. The summed E-state index contributed by atoms with van der Waals surface area (Å²) in [6.45, 7) is 0. The molecule has 0 radical (unpaired) electrons. The molecule has 0 atom stereocenters. The number of anilines is 1. The van der Waals surface area contributed by atoms with Gasteiger partial charge < -0.3 is 10.1 Å². The van der Waals surface area contributed by atoms with Crippen molar-refractivity contribution in [3.8, 4) is 22.6 Å². The summed E-state index contributed by atoms with van der Waals surface area (Å²) in [5.41, 5.74) is 3.99. The Balaban J connectivity index is 1.57. The van der Waals surface area contributed by atoms with Crippen molar-refractivity contribution in [1.82, 2.24) is 5.48 Å². The Morgan fingerprint density at radius 1 is 0.946 bits per heavy atom. The van der Waals surface area contributed by atoms with Crippen LogP contribution in [0.3, 0.4) is 0 Å². The maximum Gasteiger partial charge on any atom is 0.259 e. The van der Waals surface area contributed by atoms with Crippen molar-refractivity contribution in [2.45, 2.75) is 4.90 Å². The number of amides is 1. The van der Waals surface area contributed by atoms with Gasteiger partial charge in [-0.1, -0.05) is 58.4 Å². The molecule has 0 aliphatic carbocycles. The number of primary sulfonamides is 1. The van der Waals surface area contributed by atoms with Gasteiger partial charge in [-0.25, -0.2) is 13.6 Å². The molecule has 0 heterocycles. The minimum absolute atomic E-state index is 0.0108. The summed E-state index contributed by atoms with van der Waals surface area (Å²) in [6, 6.07) is 24.6. The van der Waals surface area contributed by atoms with Crippen LogP contribution in [0.15, 0.2) is 100 Å². The minimum Gasteiger partial charge on any atom is -0.457 e. The first-order valence-corrected chi connectivity index (χ1v) is 13.1. The summed E-state index contributed by atoms with van der Waals surface area (Å²) in [5.74, 6) is 0.0102. The van der Waals surface area contributed by atoms with Crippen molar-refractivity contribution in [2.75, 3.05) is 5.32 Å². The van der Waals surface area contributed by atoms with E-state index in [9.17, 15) is 13.2 Å². The van der Waals surface area contributed by atoms with Gasteiger partial charge >= 0.3 is 0 Å². The molecule has 4 aromatic rings. The number of halogens is 1. The van der Waals surface area contributed by atoms with Crippen LogP contribution in [0.1, 0.15) is 15.9 Å². The highest BCUT2D eigenvalue weighted by Crippen LogP contribution is 2.31. The molecule has 1 amide bonds. The van der Waals surface area contributed by atoms with Gasteiger partial charge in [0.15, 0.2) is 0 Å². The molecule has 0 saturated heterocycles. The number of ether oxygens (including phenoxy) is 1. The lowest BCUT2D eigenvalue weighted by Gasteiger charge is -2.13. The number of hydrogen-bond acceptors (Lipinski definition) is 6. The first-order valence-electron chi connectivity index (χ1n) is 10.8. The molecular formula is C26H21BrN4O5S. The van der Waals surface area contributed by atoms with Gasteiger partial charge in [-0.3, -0.25) is 20.9 Å². The summed E-state index contributed by atoms with van der Waals surface area (Å²) >= 11 is 3.37. The van der Waals surface area contributed by atoms with Crippen LogP contribution in [-0.4, -0.2) is 25.4 Å². The number of carbonyl (C=O) groups is 1. The van der Waals surface area contributed by atoms with Crippen LogP contribution in [0.5, 0.6) is 11.5 Å². The summed E-state index contributed by atoms with van der Waals surface area (Å²) < 4.78 is 30.5. The third-order valence-electron chi connectivity index (χ3n) is 5.30. The zero-order valence-corrected chi connectivity index (χ0v) is 21.5. The van der Waals surface area contributed by atoms with Crippen molar-refractivity contribution in [3.63, 3.8) is 0 Å². The van der Waals surface area contributed by atoms with Gasteiger partial charge in [0.05, 0.1) is 10.5 Å². The Morgan fingerprint density at radius 3 is 2.38 bits per heavy atom. The fourth-order valence-electron chi connectivity index (χ4n) is 3.56. The number of sulfonamides is 1. The quantitative estimate of drug-likeness (QED) is 0.116. The van der Waals surface area contributed by atoms with Gasteiger partial charge in [-0.15, -0.1) is 0 Å². The Hall–Kier alpha value is -4.03. The van der Waals surface area contributed by atoms with E-state index in [2.05, 4.69) is 21.2 Å². The monoisotopic (exact) mass is 580 g/mol. The van der Waals surface area contributed by atoms with Crippen LogP contribution < -0.4 is 20.7 Å². The van der Waals surface area contributed by atoms with E-state index in [1.807, 2.05) is 0 Å². The van der Waals surface area contributed by atoms with Gasteiger partial charge in [0.1, 0.15) is 17.3 Å². The van der Waals surface area contributed by atoms with Gasteiger partial charge in [-0.2, -0.15) is 0 Å². The van der Waals surface area contributed by atoms with Crippen LogP contribution in [0.2, 0.25) is 0 Å². The van der Waals surface area contributed by atoms with E-state index in [4.69, 9.17) is 20.5 Å². The van der Waals surface area contributed by atoms with Crippen molar-refractivity contribution in [2.24, 2.45) is 5.14 Å². The Labute approximate surface area is 221 Å². The molecule has 0 fully saturated rings. The molecule has 4 rings (SSSR count). The molecule has 37 heavy (non-hydrogen) atoms. The summed E-state index contributed by atoms with van der Waals surface area (Å²) in [4.78, 5) is 13.2. The Morgan fingerprint density at radius 2 is 1.68 bits per heavy atom. The Kier molecular flexibility index (Phi) is 7.69. The summed E-state index contributed by atoms with van der Waals surface area (Å²) in [5, 5.41) is 24.8. The fourth-order valence-corrected chi connectivity index (χ4v) is 4.68. The SMILES string of the molecule is N=C(NO)c1cccc(Oc2ccc(Br)cc2C(=O)Nc2ccc(-c3ccccc3S(N)(=O)=O)cc2)c1. The van der Waals surface area contributed by atoms with Gasteiger partial charge in [-0.05, 0) is 54.1 Å². The highest BCUT2D eigenvalue weighted by molar-refractivity contribution is 9.10. The molecule has 0 saturated carbocycles. The second-order valence-electron chi connectivity index (χ2n) is 7.83. The molecule has 0 aliphatic rings. The van der Waals surface area contributed by atoms with Crippen LogP contribution in [-0.2, 0) is 10.0 Å². The fraction of sp³-hybridized carbons (Fsp3) is 0. The van der Waals surface area contributed by atoms with Crippen LogP contribution >= 0.6 is 15.9 Å². The predicted molar refractivity (Wildman–Crippen MR) is 144 cm³/mol. The minimum atomic E-state index is -3.91. The average Bonchev–Trinajstić information content (AvgIpc) is 2.89. The lowest BCUT2D eigenvalue weighted by molar-refractivity contribution is 0.102. The third kappa shape index (κ3) is 6.22. The number of carbonyl (C=O) groups excluding carboxylic acids is 1. The molecule has 0 spiro atoms. The molecule has 0 aliphatic heterocycles. The van der Waals surface area contributed by atoms with Crippen molar-refractivity contribution >= 4 is 43.4 Å². The Bertz CT molecular complexity index is 1590. The van der Waals surface area contributed by atoms with Crippen molar-refractivity contribution < 1.29 is 23.2 Å². The van der Waals surface area contributed by atoms with Crippen molar-refractivity contribution in [3.05, 3.63) is 107 Å². The number of nitrogens with two attached hydrogens (primary N) is 1. The smallest absolute Gasteiger partial charge is 0.259 e. The molecule has 0 aromatic heterocycles. The molecule has 0 unspecified atom stereocenters. The average molecular weight is 581 g/mol. The molecule has 0 bridgehead atoms. The summed E-state index contributed by atoms with van der Waals surface area (Å²) in [7, 11) is -3.91. The molecule has 4 aromatic carbocycles. The normalized spacial score (nSPS) is 11.0. The third-order valence-corrected chi connectivity index (χ3v) is 6.76. The van der Waals surface area contributed by atoms with E-state index in [0.717, 1.165) is 0 Å². The molecule has 6 N–H and O–H groups in total.